The lowest BCUT2D eigenvalue weighted by molar-refractivity contribution is -0.129. The number of amides is 1. The van der Waals surface area contributed by atoms with Gasteiger partial charge in [0.25, 0.3) is 0 Å². The molecule has 1 N–H and O–H groups in total. The van der Waals surface area contributed by atoms with Gasteiger partial charge >= 0.3 is 0 Å². The minimum absolute atomic E-state index is 0.0666. The molecule has 0 aliphatic carbocycles. The van der Waals surface area contributed by atoms with Gasteiger partial charge in [0.15, 0.2) is 0 Å². The maximum atomic E-state index is 12.9. The first-order chi connectivity index (χ1) is 15.9. The Labute approximate surface area is 199 Å². The van der Waals surface area contributed by atoms with Crippen molar-refractivity contribution < 1.29 is 13.2 Å². The van der Waals surface area contributed by atoms with Gasteiger partial charge in [0.05, 0.1) is 27.7 Å². The fourth-order valence-electron chi connectivity index (χ4n) is 3.93. The van der Waals surface area contributed by atoms with Crippen LogP contribution < -0.4 is 5.32 Å². The maximum absolute atomic E-state index is 12.9. The van der Waals surface area contributed by atoms with Crippen molar-refractivity contribution in [2.45, 2.75) is 43.5 Å². The summed E-state index contributed by atoms with van der Waals surface area (Å²) in [6, 6.07) is 14.5. The number of hydrogen-bond acceptors (Lipinski definition) is 6. The molecule has 176 valence electrons. The van der Waals surface area contributed by atoms with E-state index >= 15 is 0 Å². The molecular weight excluding hydrogens is 456 g/mol. The minimum atomic E-state index is -3.48. The second kappa shape index (κ2) is 10.2. The summed E-state index contributed by atoms with van der Waals surface area (Å²) < 4.78 is 28.5. The first kappa shape index (κ1) is 23.7. The van der Waals surface area contributed by atoms with Gasteiger partial charge in [0.2, 0.25) is 15.9 Å². The van der Waals surface area contributed by atoms with Gasteiger partial charge in [-0.25, -0.2) is 13.4 Å². The average molecular weight is 487 g/mol. The third-order valence-electron chi connectivity index (χ3n) is 6.14. The summed E-state index contributed by atoms with van der Waals surface area (Å²) in [5.41, 5.74) is 1.65. The summed E-state index contributed by atoms with van der Waals surface area (Å²) >= 11 is 1.60. The van der Waals surface area contributed by atoms with E-state index in [9.17, 15) is 13.2 Å². The third kappa shape index (κ3) is 5.37. The lowest BCUT2D eigenvalue weighted by atomic mass is 10.2. The second-order valence-corrected chi connectivity index (χ2v) is 11.4. The number of rotatable bonds is 7. The molecule has 0 saturated carbocycles. The number of sulfonamides is 1. The van der Waals surface area contributed by atoms with Crippen LogP contribution in [0, 0.1) is 0 Å². The highest BCUT2D eigenvalue weighted by Gasteiger charge is 2.25. The maximum Gasteiger partial charge on any atom is 0.243 e. The first-order valence-electron chi connectivity index (χ1n) is 11.3. The molecule has 1 saturated heterocycles. The van der Waals surface area contributed by atoms with Crippen molar-refractivity contribution in [2.24, 2.45) is 0 Å². The number of fused-ring (bicyclic) bond motifs is 1. The van der Waals surface area contributed by atoms with Gasteiger partial charge in [-0.3, -0.25) is 4.79 Å². The van der Waals surface area contributed by atoms with Crippen LogP contribution in [0.25, 0.3) is 10.2 Å². The molecule has 33 heavy (non-hydrogen) atoms. The largest absolute Gasteiger partial charge is 0.376 e. The molecule has 1 aliphatic heterocycles. The predicted molar refractivity (Wildman–Crippen MR) is 133 cm³/mol. The quantitative estimate of drug-likeness (QED) is 0.532. The summed E-state index contributed by atoms with van der Waals surface area (Å²) in [4.78, 5) is 19.4. The third-order valence-corrected chi connectivity index (χ3v) is 9.26. The van der Waals surface area contributed by atoms with Crippen LogP contribution in [0.5, 0.6) is 0 Å². The van der Waals surface area contributed by atoms with E-state index in [0.29, 0.717) is 23.7 Å². The van der Waals surface area contributed by atoms with Crippen LogP contribution in [0.3, 0.4) is 0 Å². The summed E-state index contributed by atoms with van der Waals surface area (Å²) in [6.45, 7) is 3.24. The molecule has 2 aromatic carbocycles. The summed E-state index contributed by atoms with van der Waals surface area (Å²) in [5, 5.41) is 4.01. The molecular formula is C24H30N4O3S2. The number of anilines is 1. The number of benzene rings is 2. The smallest absolute Gasteiger partial charge is 0.243 e. The van der Waals surface area contributed by atoms with Crippen molar-refractivity contribution in [1.82, 2.24) is 14.2 Å². The van der Waals surface area contributed by atoms with Gasteiger partial charge in [-0.2, -0.15) is 4.31 Å². The molecule has 7 nitrogen and oxygen atoms in total. The zero-order valence-corrected chi connectivity index (χ0v) is 20.7. The van der Waals surface area contributed by atoms with Gasteiger partial charge in [0, 0.05) is 25.8 Å². The van der Waals surface area contributed by atoms with Crippen LogP contribution in [-0.4, -0.2) is 55.2 Å². The normalized spacial score (nSPS) is 16.3. The topological polar surface area (TPSA) is 82.6 Å². The summed E-state index contributed by atoms with van der Waals surface area (Å²) in [5.74, 6) is -0.0666. The van der Waals surface area contributed by atoms with Gasteiger partial charge in [-0.05, 0) is 56.2 Å². The molecule has 2 heterocycles. The molecule has 1 atom stereocenters. The van der Waals surface area contributed by atoms with Crippen molar-refractivity contribution in [3.8, 4) is 0 Å². The summed E-state index contributed by atoms with van der Waals surface area (Å²) in [6.07, 6.45) is 3.97. The average Bonchev–Trinajstić information content (AvgIpc) is 3.06. The van der Waals surface area contributed by atoms with Crippen molar-refractivity contribution in [2.75, 3.05) is 32.0 Å². The van der Waals surface area contributed by atoms with E-state index in [-0.39, 0.29) is 18.5 Å². The van der Waals surface area contributed by atoms with Crippen molar-refractivity contribution in [3.05, 3.63) is 53.5 Å². The van der Waals surface area contributed by atoms with Gasteiger partial charge in [-0.15, -0.1) is 11.3 Å². The van der Waals surface area contributed by atoms with Crippen LogP contribution in [0.1, 0.15) is 43.7 Å². The molecule has 1 fully saturated rings. The fourth-order valence-corrected chi connectivity index (χ4v) is 6.51. The Morgan fingerprint density at radius 1 is 1.09 bits per heavy atom. The van der Waals surface area contributed by atoms with Crippen LogP contribution in [0.4, 0.5) is 5.69 Å². The van der Waals surface area contributed by atoms with E-state index in [0.717, 1.165) is 40.9 Å². The Bertz CT molecular complexity index is 1170. The molecule has 3 aromatic rings. The molecule has 4 rings (SSSR count). The Balaban J connectivity index is 1.35. The molecule has 1 aromatic heterocycles. The standard InChI is InChI=1S/C24H30N4O3S2/c1-18(24-26-21-9-5-6-10-22(21)32-24)27(2)23(29)17-25-19-11-13-20(14-12-19)33(30,31)28-15-7-3-4-8-16-28/h5-6,9-14,18,25H,3-4,7-8,15-17H2,1-2H3/t18-/m0/s1. The lowest BCUT2D eigenvalue weighted by Crippen LogP contribution is -2.34. The summed E-state index contributed by atoms with van der Waals surface area (Å²) in [7, 11) is -1.70. The van der Waals surface area contributed by atoms with Crippen LogP contribution in [0.15, 0.2) is 53.4 Å². The minimum Gasteiger partial charge on any atom is -0.376 e. The van der Waals surface area contributed by atoms with Gasteiger partial charge in [0.1, 0.15) is 5.01 Å². The van der Waals surface area contributed by atoms with E-state index in [1.165, 1.54) is 0 Å². The number of aromatic nitrogens is 1. The van der Waals surface area contributed by atoms with Gasteiger partial charge in [-0.1, -0.05) is 25.0 Å². The zero-order chi connectivity index (χ0) is 23.4. The molecule has 1 aliphatic rings. The lowest BCUT2D eigenvalue weighted by Gasteiger charge is -2.23. The Kier molecular flexibility index (Phi) is 7.31. The van der Waals surface area contributed by atoms with Crippen LogP contribution >= 0.6 is 11.3 Å². The number of nitrogens with one attached hydrogen (secondary N) is 1. The number of carbonyl (C=O) groups is 1. The number of thiazole rings is 1. The molecule has 0 spiro atoms. The van der Waals surface area contributed by atoms with Crippen LogP contribution in [0.2, 0.25) is 0 Å². The number of likely N-dealkylation sites (N-methyl/N-ethyl adjacent to an activating group) is 1. The van der Waals surface area contributed by atoms with E-state index in [2.05, 4.69) is 10.3 Å². The van der Waals surface area contributed by atoms with Crippen molar-refractivity contribution in [1.29, 1.82) is 0 Å². The SMILES string of the molecule is C[C@@H](c1nc2ccccc2s1)N(C)C(=O)CNc1ccc(S(=O)(=O)N2CCCCCC2)cc1. The predicted octanol–water partition coefficient (Wildman–Crippen LogP) is 4.49. The Morgan fingerprint density at radius 3 is 2.42 bits per heavy atom. The molecule has 0 radical (unpaired) electrons. The van der Waals surface area contributed by atoms with Crippen molar-refractivity contribution in [3.63, 3.8) is 0 Å². The Hall–Kier alpha value is -2.49. The monoisotopic (exact) mass is 486 g/mol. The highest BCUT2D eigenvalue weighted by atomic mass is 32.2. The van der Waals surface area contributed by atoms with E-state index in [1.54, 1.807) is 51.9 Å². The fraction of sp³-hybridized carbons (Fsp3) is 0.417. The van der Waals surface area contributed by atoms with E-state index in [1.807, 2.05) is 31.2 Å². The van der Waals surface area contributed by atoms with E-state index < -0.39 is 10.0 Å². The van der Waals surface area contributed by atoms with Crippen molar-refractivity contribution >= 4 is 43.2 Å². The first-order valence-corrected chi connectivity index (χ1v) is 13.6. The molecule has 1 amide bonds. The Morgan fingerprint density at radius 2 is 1.76 bits per heavy atom. The number of nitrogens with zero attached hydrogens (tertiary/aromatic N) is 3. The number of carbonyl (C=O) groups excluding carboxylic acids is 1. The van der Waals surface area contributed by atoms with Gasteiger partial charge < -0.3 is 10.2 Å². The molecule has 0 unspecified atom stereocenters. The highest BCUT2D eigenvalue weighted by molar-refractivity contribution is 7.89. The zero-order valence-electron chi connectivity index (χ0n) is 19.0. The molecule has 0 bridgehead atoms. The number of para-hydroxylation sites is 1. The highest BCUT2D eigenvalue weighted by Crippen LogP contribution is 2.29. The van der Waals surface area contributed by atoms with Crippen LogP contribution in [-0.2, 0) is 14.8 Å². The number of hydrogen-bond donors (Lipinski definition) is 1. The van der Waals surface area contributed by atoms with E-state index in [4.69, 9.17) is 0 Å². The molecule has 9 heteroatoms. The second-order valence-electron chi connectivity index (χ2n) is 8.40.